The maximum absolute atomic E-state index is 12.4. The van der Waals surface area contributed by atoms with Crippen LogP contribution in [0.25, 0.3) is 0 Å². The molecule has 0 bridgehead atoms. The predicted molar refractivity (Wildman–Crippen MR) is 112 cm³/mol. The third-order valence-corrected chi connectivity index (χ3v) is 4.72. The van der Waals surface area contributed by atoms with Crippen molar-refractivity contribution in [2.24, 2.45) is 5.41 Å². The second-order valence-electron chi connectivity index (χ2n) is 8.36. The highest BCUT2D eigenvalue weighted by atomic mass is 16.5. The molecule has 0 saturated carbocycles. The van der Waals surface area contributed by atoms with Crippen LogP contribution in [0.1, 0.15) is 53.4 Å². The van der Waals surface area contributed by atoms with Crippen molar-refractivity contribution in [1.29, 1.82) is 0 Å². The van der Waals surface area contributed by atoms with Gasteiger partial charge in [0.2, 0.25) is 0 Å². The van der Waals surface area contributed by atoms with Crippen LogP contribution in [-0.2, 0) is 13.2 Å². The van der Waals surface area contributed by atoms with Gasteiger partial charge in [0.1, 0.15) is 12.4 Å². The van der Waals surface area contributed by atoms with Crippen molar-refractivity contribution >= 4 is 5.78 Å². The number of Topliss-reactive ketones (excluding diaryl/α,β-unsaturated/α-hetero) is 1. The molecule has 0 spiro atoms. The van der Waals surface area contributed by atoms with Gasteiger partial charge in [0.25, 0.3) is 0 Å². The molecule has 0 aliphatic carbocycles. The summed E-state index contributed by atoms with van der Waals surface area (Å²) in [6, 6.07) is 12.0. The van der Waals surface area contributed by atoms with Crippen LogP contribution >= 0.6 is 0 Å². The second kappa shape index (κ2) is 8.01. The van der Waals surface area contributed by atoms with Gasteiger partial charge in [-0.25, -0.2) is 4.98 Å². The lowest BCUT2D eigenvalue weighted by Crippen LogP contribution is -2.20. The number of ether oxygens (including phenoxy) is 1. The van der Waals surface area contributed by atoms with E-state index < -0.39 is 0 Å². The first-order chi connectivity index (χ1) is 13.2. The molecule has 146 valence electrons. The standard InChI is InChI=1S/C24H28N2O2/c1-17-12-20(14-26-11-10-25-16-26)13-18(2)22(17)28-15-19-6-8-21(9-7-19)23(27)24(3,4)5/h6-13,16H,14-15H2,1-5H3. The van der Waals surface area contributed by atoms with E-state index in [1.54, 1.807) is 6.20 Å². The van der Waals surface area contributed by atoms with Crippen LogP contribution in [0.5, 0.6) is 5.75 Å². The van der Waals surface area contributed by atoms with Crippen molar-refractivity contribution in [3.05, 3.63) is 82.9 Å². The molecule has 3 rings (SSSR count). The van der Waals surface area contributed by atoms with Crippen LogP contribution < -0.4 is 4.74 Å². The van der Waals surface area contributed by atoms with Crippen LogP contribution in [-0.4, -0.2) is 15.3 Å². The van der Waals surface area contributed by atoms with E-state index in [1.165, 1.54) is 5.56 Å². The Kier molecular flexibility index (Phi) is 5.68. The van der Waals surface area contributed by atoms with E-state index in [9.17, 15) is 4.79 Å². The Hall–Kier alpha value is -2.88. The quantitative estimate of drug-likeness (QED) is 0.544. The second-order valence-corrected chi connectivity index (χ2v) is 8.36. The van der Waals surface area contributed by atoms with Crippen LogP contribution in [0.4, 0.5) is 0 Å². The average molecular weight is 377 g/mol. The molecule has 0 saturated heterocycles. The largest absolute Gasteiger partial charge is 0.488 e. The maximum atomic E-state index is 12.4. The number of carbonyl (C=O) groups is 1. The van der Waals surface area contributed by atoms with E-state index in [1.807, 2.05) is 57.6 Å². The van der Waals surface area contributed by atoms with Gasteiger partial charge in [-0.15, -0.1) is 0 Å². The zero-order valence-electron chi connectivity index (χ0n) is 17.3. The molecule has 0 aliphatic heterocycles. The lowest BCUT2D eigenvalue weighted by atomic mass is 9.86. The Morgan fingerprint density at radius 2 is 1.68 bits per heavy atom. The minimum atomic E-state index is -0.370. The van der Waals surface area contributed by atoms with Crippen molar-refractivity contribution in [2.75, 3.05) is 0 Å². The van der Waals surface area contributed by atoms with Gasteiger partial charge in [-0.2, -0.15) is 0 Å². The summed E-state index contributed by atoms with van der Waals surface area (Å²) in [6.45, 7) is 11.2. The lowest BCUT2D eigenvalue weighted by molar-refractivity contribution is 0.0858. The molecular weight excluding hydrogens is 348 g/mol. The van der Waals surface area contributed by atoms with Gasteiger partial charge in [-0.05, 0) is 36.1 Å². The minimum Gasteiger partial charge on any atom is -0.488 e. The summed E-state index contributed by atoms with van der Waals surface area (Å²) >= 11 is 0. The summed E-state index contributed by atoms with van der Waals surface area (Å²) in [5.41, 5.74) is 4.89. The number of ketones is 1. The van der Waals surface area contributed by atoms with Crippen molar-refractivity contribution < 1.29 is 9.53 Å². The van der Waals surface area contributed by atoms with Crippen LogP contribution in [0.2, 0.25) is 0 Å². The lowest BCUT2D eigenvalue weighted by Gasteiger charge is -2.17. The first-order valence-corrected chi connectivity index (χ1v) is 9.56. The number of aromatic nitrogens is 2. The number of carbonyl (C=O) groups excluding carboxylic acids is 1. The summed E-state index contributed by atoms with van der Waals surface area (Å²) < 4.78 is 8.16. The molecule has 0 unspecified atom stereocenters. The Morgan fingerprint density at radius 3 is 2.21 bits per heavy atom. The van der Waals surface area contributed by atoms with Gasteiger partial charge < -0.3 is 9.30 Å². The van der Waals surface area contributed by atoms with Gasteiger partial charge in [0, 0.05) is 29.9 Å². The number of aryl methyl sites for hydroxylation is 2. The summed E-state index contributed by atoms with van der Waals surface area (Å²) in [5, 5.41) is 0. The fourth-order valence-corrected chi connectivity index (χ4v) is 3.29. The van der Waals surface area contributed by atoms with Crippen molar-refractivity contribution in [1.82, 2.24) is 9.55 Å². The first-order valence-electron chi connectivity index (χ1n) is 9.56. The summed E-state index contributed by atoms with van der Waals surface area (Å²) in [6.07, 6.45) is 5.57. The minimum absolute atomic E-state index is 0.153. The fraction of sp³-hybridized carbons (Fsp3) is 0.333. The van der Waals surface area contributed by atoms with Gasteiger partial charge in [0.15, 0.2) is 5.78 Å². The highest BCUT2D eigenvalue weighted by Gasteiger charge is 2.22. The van der Waals surface area contributed by atoms with Gasteiger partial charge >= 0.3 is 0 Å². The normalized spacial score (nSPS) is 11.5. The smallest absolute Gasteiger partial charge is 0.168 e. The average Bonchev–Trinajstić information content (AvgIpc) is 3.13. The molecule has 4 nitrogen and oxygen atoms in total. The molecule has 28 heavy (non-hydrogen) atoms. The summed E-state index contributed by atoms with van der Waals surface area (Å²) in [7, 11) is 0. The third kappa shape index (κ3) is 4.69. The number of benzene rings is 2. The Labute approximate surface area is 167 Å². The molecule has 3 aromatic rings. The maximum Gasteiger partial charge on any atom is 0.168 e. The number of rotatable bonds is 6. The SMILES string of the molecule is Cc1cc(Cn2ccnc2)cc(C)c1OCc1ccc(C(=O)C(C)(C)C)cc1. The van der Waals surface area contributed by atoms with Gasteiger partial charge in [0.05, 0.1) is 6.33 Å². The topological polar surface area (TPSA) is 44.1 Å². The molecule has 0 radical (unpaired) electrons. The van der Waals surface area contributed by atoms with E-state index in [-0.39, 0.29) is 11.2 Å². The Bertz CT molecular complexity index is 926. The molecule has 2 aromatic carbocycles. The highest BCUT2D eigenvalue weighted by molar-refractivity contribution is 5.99. The number of imidazole rings is 1. The molecule has 0 aliphatic rings. The molecule has 0 fully saturated rings. The third-order valence-electron chi connectivity index (χ3n) is 4.72. The van der Waals surface area contributed by atoms with Crippen LogP contribution in [0, 0.1) is 19.3 Å². The Morgan fingerprint density at radius 1 is 1.04 bits per heavy atom. The van der Waals surface area contributed by atoms with Gasteiger partial charge in [-0.1, -0.05) is 57.2 Å². The van der Waals surface area contributed by atoms with Crippen LogP contribution in [0.15, 0.2) is 55.1 Å². The molecular formula is C24H28N2O2. The first kappa shape index (κ1) is 19.9. The number of hydrogen-bond donors (Lipinski definition) is 0. The van der Waals surface area contributed by atoms with Gasteiger partial charge in [-0.3, -0.25) is 4.79 Å². The molecule has 0 N–H and O–H groups in total. The van der Waals surface area contributed by atoms with E-state index >= 15 is 0 Å². The molecule has 1 heterocycles. The van der Waals surface area contributed by atoms with E-state index in [2.05, 4.69) is 35.5 Å². The van der Waals surface area contributed by atoms with Crippen molar-refractivity contribution in [3.8, 4) is 5.75 Å². The zero-order chi connectivity index (χ0) is 20.3. The highest BCUT2D eigenvalue weighted by Crippen LogP contribution is 2.27. The predicted octanol–water partition coefficient (Wildman–Crippen LogP) is 5.36. The van der Waals surface area contributed by atoms with Crippen LogP contribution in [0.3, 0.4) is 0 Å². The van der Waals surface area contributed by atoms with E-state index in [0.29, 0.717) is 6.61 Å². The summed E-state index contributed by atoms with van der Waals surface area (Å²) in [4.78, 5) is 16.4. The molecule has 0 atom stereocenters. The molecule has 4 heteroatoms. The van der Waals surface area contributed by atoms with E-state index in [4.69, 9.17) is 4.74 Å². The fourth-order valence-electron chi connectivity index (χ4n) is 3.29. The van der Waals surface area contributed by atoms with Crippen molar-refractivity contribution in [2.45, 2.75) is 47.8 Å². The Balaban J connectivity index is 1.68. The zero-order valence-corrected chi connectivity index (χ0v) is 17.3. The van der Waals surface area contributed by atoms with Crippen molar-refractivity contribution in [3.63, 3.8) is 0 Å². The number of nitrogens with zero attached hydrogens (tertiary/aromatic N) is 2. The number of hydrogen-bond acceptors (Lipinski definition) is 3. The monoisotopic (exact) mass is 376 g/mol. The molecule has 1 aromatic heterocycles. The molecule has 0 amide bonds. The van der Waals surface area contributed by atoms with E-state index in [0.717, 1.165) is 34.5 Å². The summed E-state index contributed by atoms with van der Waals surface area (Å²) in [5.74, 6) is 1.07.